The molecule has 2 N–H and O–H groups in total. The summed E-state index contributed by atoms with van der Waals surface area (Å²) in [6, 6.07) is 7.07. The topological polar surface area (TPSA) is 98.5 Å². The predicted octanol–water partition coefficient (Wildman–Crippen LogP) is 3.03. The Bertz CT molecular complexity index is 1140. The van der Waals surface area contributed by atoms with E-state index in [2.05, 4.69) is 10.3 Å². The normalized spacial score (nSPS) is 19.4. The van der Waals surface area contributed by atoms with Gasteiger partial charge >= 0.3 is 0 Å². The smallest absolute Gasteiger partial charge is 0.241 e. The molecule has 1 saturated carbocycles. The number of nitrogens with zero attached hydrogens (tertiary/aromatic N) is 3. The van der Waals surface area contributed by atoms with E-state index in [1.807, 2.05) is 23.7 Å². The number of carbonyl (C=O) groups excluding carboxylic acids is 1. The Kier molecular flexibility index (Phi) is 4.92. The molecule has 2 fully saturated rings. The molecule has 8 heteroatoms. The number of phenolic OH excluding ortho intramolecular Hbond substituents is 1. The van der Waals surface area contributed by atoms with Crippen molar-refractivity contribution >= 4 is 16.9 Å². The van der Waals surface area contributed by atoms with Gasteiger partial charge in [0.05, 0.1) is 24.6 Å². The first-order chi connectivity index (χ1) is 15.0. The van der Waals surface area contributed by atoms with Gasteiger partial charge in [-0.3, -0.25) is 4.79 Å². The highest BCUT2D eigenvalue weighted by atomic mass is 16.5. The Morgan fingerprint density at radius 1 is 1.32 bits per heavy atom. The number of rotatable bonds is 7. The number of fused-ring (bicyclic) bond motifs is 1. The monoisotopic (exact) mass is 422 g/mol. The van der Waals surface area contributed by atoms with Crippen LogP contribution in [0.4, 0.5) is 0 Å². The summed E-state index contributed by atoms with van der Waals surface area (Å²) >= 11 is 0. The lowest BCUT2D eigenvalue weighted by Crippen LogP contribution is -2.30. The number of aromatic hydroxyl groups is 1. The van der Waals surface area contributed by atoms with Crippen LogP contribution in [-0.4, -0.2) is 45.3 Å². The van der Waals surface area contributed by atoms with Crippen molar-refractivity contribution in [1.82, 2.24) is 19.9 Å². The number of amides is 1. The van der Waals surface area contributed by atoms with Crippen LogP contribution in [0, 0.1) is 11.8 Å². The number of imidazole rings is 1. The van der Waals surface area contributed by atoms with E-state index >= 15 is 0 Å². The zero-order valence-electron chi connectivity index (χ0n) is 17.7. The Balaban J connectivity index is 1.54. The maximum Gasteiger partial charge on any atom is 0.241 e. The van der Waals surface area contributed by atoms with Crippen LogP contribution in [0.3, 0.4) is 0 Å². The standard InChI is InChI=1S/C23H26N4O4/c1-27-12-25-17-10-16(14-5-6-19(30-2)18(28)8-14)26-23(22(17)27)31-20(7-13-3-4-13)15-9-21(29)24-11-15/h5-6,8,10,12-13,15,20,28H,3-4,7,9,11H2,1-2H3,(H,24,29). The van der Waals surface area contributed by atoms with E-state index < -0.39 is 0 Å². The highest BCUT2D eigenvalue weighted by Crippen LogP contribution is 2.39. The van der Waals surface area contributed by atoms with E-state index in [0.717, 1.165) is 23.0 Å². The van der Waals surface area contributed by atoms with Crippen molar-refractivity contribution in [3.05, 3.63) is 30.6 Å². The number of nitrogens with one attached hydrogen (secondary N) is 1. The van der Waals surface area contributed by atoms with E-state index in [-0.39, 0.29) is 23.7 Å². The van der Waals surface area contributed by atoms with Crippen molar-refractivity contribution in [3.8, 4) is 28.6 Å². The van der Waals surface area contributed by atoms with Gasteiger partial charge in [0.1, 0.15) is 11.6 Å². The summed E-state index contributed by atoms with van der Waals surface area (Å²) in [5.74, 6) is 1.83. The summed E-state index contributed by atoms with van der Waals surface area (Å²) in [5, 5.41) is 13.1. The van der Waals surface area contributed by atoms with E-state index in [0.29, 0.717) is 36.2 Å². The molecule has 2 aliphatic rings. The minimum absolute atomic E-state index is 0.0486. The summed E-state index contributed by atoms with van der Waals surface area (Å²) in [7, 11) is 3.43. The average molecular weight is 422 g/mol. The zero-order valence-corrected chi connectivity index (χ0v) is 17.7. The minimum Gasteiger partial charge on any atom is -0.504 e. The number of methoxy groups -OCH3 is 1. The summed E-state index contributed by atoms with van der Waals surface area (Å²) in [4.78, 5) is 21.1. The predicted molar refractivity (Wildman–Crippen MR) is 115 cm³/mol. The SMILES string of the molecule is COc1ccc(-c2cc3ncn(C)c3c(OC(CC3CC3)C3CNC(=O)C3)n2)cc1O. The van der Waals surface area contributed by atoms with Gasteiger partial charge < -0.3 is 24.5 Å². The number of ether oxygens (including phenoxy) is 2. The van der Waals surface area contributed by atoms with Gasteiger partial charge in [-0.1, -0.05) is 12.8 Å². The number of pyridine rings is 1. The van der Waals surface area contributed by atoms with Crippen LogP contribution in [0.2, 0.25) is 0 Å². The molecule has 3 heterocycles. The van der Waals surface area contributed by atoms with Crippen LogP contribution in [-0.2, 0) is 11.8 Å². The number of aromatic nitrogens is 3. The molecule has 2 unspecified atom stereocenters. The van der Waals surface area contributed by atoms with Crippen LogP contribution in [0.5, 0.6) is 17.4 Å². The molecule has 0 spiro atoms. The Morgan fingerprint density at radius 2 is 2.16 bits per heavy atom. The molecule has 1 aliphatic carbocycles. The minimum atomic E-state index is -0.0865. The van der Waals surface area contributed by atoms with Crippen molar-refractivity contribution in [2.24, 2.45) is 18.9 Å². The van der Waals surface area contributed by atoms with Crippen LogP contribution in [0.15, 0.2) is 30.6 Å². The Hall–Kier alpha value is -3.29. The molecule has 2 aromatic heterocycles. The molecule has 8 nitrogen and oxygen atoms in total. The first kappa shape index (κ1) is 19.7. The highest BCUT2D eigenvalue weighted by Gasteiger charge is 2.36. The summed E-state index contributed by atoms with van der Waals surface area (Å²) < 4.78 is 13.6. The first-order valence-corrected chi connectivity index (χ1v) is 10.6. The van der Waals surface area contributed by atoms with E-state index in [4.69, 9.17) is 14.5 Å². The van der Waals surface area contributed by atoms with Crippen LogP contribution < -0.4 is 14.8 Å². The molecule has 0 bridgehead atoms. The second-order valence-electron chi connectivity index (χ2n) is 8.53. The largest absolute Gasteiger partial charge is 0.504 e. The Morgan fingerprint density at radius 3 is 2.84 bits per heavy atom. The number of hydrogen-bond donors (Lipinski definition) is 2. The van der Waals surface area contributed by atoms with Crippen LogP contribution in [0.1, 0.15) is 25.7 Å². The van der Waals surface area contributed by atoms with Gasteiger partial charge in [-0.05, 0) is 36.6 Å². The second-order valence-corrected chi connectivity index (χ2v) is 8.53. The zero-order chi connectivity index (χ0) is 21.5. The molecular formula is C23H26N4O4. The van der Waals surface area contributed by atoms with Crippen molar-refractivity contribution in [1.29, 1.82) is 0 Å². The molecule has 162 valence electrons. The van der Waals surface area contributed by atoms with Gasteiger partial charge in [-0.15, -0.1) is 0 Å². The number of benzene rings is 1. The molecule has 1 aromatic carbocycles. The quantitative estimate of drug-likeness (QED) is 0.607. The second kappa shape index (κ2) is 7.76. The van der Waals surface area contributed by atoms with E-state index in [1.54, 1.807) is 18.5 Å². The summed E-state index contributed by atoms with van der Waals surface area (Å²) in [5.41, 5.74) is 2.99. The first-order valence-electron chi connectivity index (χ1n) is 10.6. The Labute approximate surface area is 180 Å². The maximum absolute atomic E-state index is 11.8. The van der Waals surface area contributed by atoms with Crippen molar-refractivity contribution in [2.45, 2.75) is 31.8 Å². The lowest BCUT2D eigenvalue weighted by atomic mass is 9.96. The third kappa shape index (κ3) is 3.89. The highest BCUT2D eigenvalue weighted by molar-refractivity contribution is 5.85. The van der Waals surface area contributed by atoms with Gasteiger partial charge in [0.25, 0.3) is 0 Å². The lowest BCUT2D eigenvalue weighted by Gasteiger charge is -2.24. The van der Waals surface area contributed by atoms with Gasteiger partial charge in [-0.2, -0.15) is 0 Å². The molecule has 3 aromatic rings. The summed E-state index contributed by atoms with van der Waals surface area (Å²) in [6.45, 7) is 0.636. The lowest BCUT2D eigenvalue weighted by molar-refractivity contribution is -0.119. The third-order valence-electron chi connectivity index (χ3n) is 6.20. The van der Waals surface area contributed by atoms with Gasteiger partial charge in [0.2, 0.25) is 11.8 Å². The molecule has 1 saturated heterocycles. The van der Waals surface area contributed by atoms with Gasteiger partial charge in [0, 0.05) is 31.5 Å². The van der Waals surface area contributed by atoms with Gasteiger partial charge in [0.15, 0.2) is 11.5 Å². The molecular weight excluding hydrogens is 396 g/mol. The average Bonchev–Trinajstić information content (AvgIpc) is 3.34. The maximum atomic E-state index is 11.8. The molecule has 31 heavy (non-hydrogen) atoms. The molecule has 1 amide bonds. The van der Waals surface area contributed by atoms with E-state index in [9.17, 15) is 9.90 Å². The van der Waals surface area contributed by atoms with Crippen molar-refractivity contribution in [2.75, 3.05) is 13.7 Å². The fourth-order valence-corrected chi connectivity index (χ4v) is 4.27. The van der Waals surface area contributed by atoms with Crippen LogP contribution in [0.25, 0.3) is 22.3 Å². The fraction of sp³-hybridized carbons (Fsp3) is 0.435. The van der Waals surface area contributed by atoms with Crippen molar-refractivity contribution in [3.63, 3.8) is 0 Å². The number of carbonyl (C=O) groups is 1. The number of phenols is 1. The number of aryl methyl sites for hydroxylation is 1. The molecule has 1 aliphatic heterocycles. The molecule has 0 radical (unpaired) electrons. The fourth-order valence-electron chi connectivity index (χ4n) is 4.27. The molecule has 2 atom stereocenters. The van der Waals surface area contributed by atoms with Gasteiger partial charge in [-0.25, -0.2) is 9.97 Å². The third-order valence-corrected chi connectivity index (χ3v) is 6.20. The number of hydrogen-bond acceptors (Lipinski definition) is 6. The van der Waals surface area contributed by atoms with E-state index in [1.165, 1.54) is 20.0 Å². The molecule has 5 rings (SSSR count). The van der Waals surface area contributed by atoms with Crippen LogP contribution >= 0.6 is 0 Å². The van der Waals surface area contributed by atoms with Crippen molar-refractivity contribution < 1.29 is 19.4 Å². The summed E-state index contributed by atoms with van der Waals surface area (Å²) in [6.07, 6.45) is 5.50.